The largest absolute Gasteiger partial charge is 0.458 e. The van der Waals surface area contributed by atoms with Crippen molar-refractivity contribution in [2.45, 2.75) is 370 Å². The summed E-state index contributed by atoms with van der Waals surface area (Å²) in [5.74, 6) is -15.4. The van der Waals surface area contributed by atoms with Crippen LogP contribution < -0.4 is 69.5 Å². The van der Waals surface area contributed by atoms with Crippen molar-refractivity contribution in [1.29, 1.82) is 0 Å². The number of benzene rings is 1. The van der Waals surface area contributed by atoms with Crippen LogP contribution in [0.4, 0.5) is 0 Å². The zero-order valence-corrected chi connectivity index (χ0v) is 74.3. The zero-order valence-electron chi connectivity index (χ0n) is 74.3. The second-order valence-corrected chi connectivity index (χ2v) is 34.3. The van der Waals surface area contributed by atoms with E-state index in [4.69, 9.17) is 10.5 Å². The molecule has 3 rings (SSSR count). The van der Waals surface area contributed by atoms with Gasteiger partial charge in [0.15, 0.2) is 0 Å². The molecular weight excluding hydrogens is 1510 g/mol. The standard InChI is InChI=1S/C88H150N14O16/c1-19-23-24-25-26-27-28-29-30-31-32-33-34-35-36-37-41-48-66(104)93-67(52(5)6)81(110)100-74(59(17)103)85(114)95-69(54(9)10)82(111)96-70(55(11)12)87(116)102-50-43-47-65(102)79(108)91-63(46-42-49-89)77(106)98-72(57(15)20-2)84(113)101-75-60(18)118-88(117)71(56(13)14)97-76(105)62(22-4)90-78(107)64(51-61-44-39-38-40-45-61)92-80(109)68(53(7)8)94-83(112)73(58(16)21-3)99-86(75)115/h22,38-40,44-45,52-60,63-65,67-75,103H,19-21,23-37,41-43,46-51,89H2,1-18H3,(H,90,107)(H,91,108)(H,92,109)(H,93,104)(H,94,112)(H,95,114)(H,96,111)(H,97,105)(H,98,106)(H,99,115)(H,100,110)(H,101,113)/b62-22-/t57-,58-,59-,60+,63+,64+,65-,67-,68-,69+,70-,71+,72-,73-,74+,75-/m1/s1. The van der Waals surface area contributed by atoms with Gasteiger partial charge in [0.2, 0.25) is 70.9 Å². The second kappa shape index (κ2) is 54.6. The van der Waals surface area contributed by atoms with Gasteiger partial charge in [-0.1, -0.05) is 256 Å². The number of hydrogen-bond acceptors (Lipinski definition) is 17. The lowest BCUT2D eigenvalue weighted by Gasteiger charge is -2.33. The number of unbranched alkanes of at least 4 members (excludes halogenated alkanes) is 16. The number of esters is 1. The Labute approximate surface area is 703 Å². The van der Waals surface area contributed by atoms with Gasteiger partial charge in [0.1, 0.15) is 84.3 Å². The van der Waals surface area contributed by atoms with Crippen LogP contribution in [-0.4, -0.2) is 191 Å². The Morgan fingerprint density at radius 1 is 0.542 bits per heavy atom. The summed E-state index contributed by atoms with van der Waals surface area (Å²) in [6.45, 7) is 30.1. The Balaban J connectivity index is 1.85. The van der Waals surface area contributed by atoms with Gasteiger partial charge < -0.3 is 84.3 Å². The molecule has 30 heteroatoms. The van der Waals surface area contributed by atoms with Crippen LogP contribution in [0, 0.1) is 41.4 Å². The summed E-state index contributed by atoms with van der Waals surface area (Å²) >= 11 is 0. The van der Waals surface area contributed by atoms with Gasteiger partial charge in [-0.15, -0.1) is 0 Å². The van der Waals surface area contributed by atoms with Crippen LogP contribution in [0.3, 0.4) is 0 Å². The number of aliphatic hydroxyl groups is 1. The number of nitrogens with two attached hydrogens (primary N) is 1. The van der Waals surface area contributed by atoms with E-state index in [0.717, 1.165) is 25.7 Å². The third-order valence-electron chi connectivity index (χ3n) is 22.6. The van der Waals surface area contributed by atoms with Crippen molar-refractivity contribution < 1.29 is 77.0 Å². The number of allylic oxidation sites excluding steroid dienone is 1. The monoisotopic (exact) mass is 1660 g/mol. The fourth-order valence-electron chi connectivity index (χ4n) is 14.5. The molecule has 13 amide bonds. The second-order valence-electron chi connectivity index (χ2n) is 34.3. The molecule has 2 fully saturated rings. The number of carbonyl (C=O) groups excluding carboxylic acids is 14. The first-order chi connectivity index (χ1) is 55.9. The molecule has 2 saturated heterocycles. The average molecular weight is 1660 g/mol. The van der Waals surface area contributed by atoms with Crippen LogP contribution in [0.1, 0.15) is 284 Å². The fraction of sp³-hybridized carbons (Fsp3) is 0.750. The van der Waals surface area contributed by atoms with Gasteiger partial charge in [-0.25, -0.2) is 4.79 Å². The van der Waals surface area contributed by atoms with E-state index in [1.165, 1.54) is 109 Å². The van der Waals surface area contributed by atoms with E-state index in [2.05, 4.69) is 70.7 Å². The minimum atomic E-state index is -1.83. The molecule has 0 aliphatic carbocycles. The molecule has 0 radical (unpaired) electrons. The minimum Gasteiger partial charge on any atom is -0.458 e. The highest BCUT2D eigenvalue weighted by molar-refractivity contribution is 6.03. The lowest BCUT2D eigenvalue weighted by molar-refractivity contribution is -0.157. The number of cyclic esters (lactones) is 1. The number of aliphatic hydroxyl groups excluding tert-OH is 1. The Morgan fingerprint density at radius 2 is 1.03 bits per heavy atom. The summed E-state index contributed by atoms with van der Waals surface area (Å²) in [6, 6.07) is -7.66. The number of hydrogen-bond donors (Lipinski definition) is 14. The molecule has 30 nitrogen and oxygen atoms in total. The van der Waals surface area contributed by atoms with Gasteiger partial charge in [-0.3, -0.25) is 62.3 Å². The lowest BCUT2D eigenvalue weighted by atomic mass is 9.95. The van der Waals surface area contributed by atoms with Crippen LogP contribution in [0.2, 0.25) is 0 Å². The first kappa shape index (κ1) is 104. The highest BCUT2D eigenvalue weighted by Gasteiger charge is 2.45. The summed E-state index contributed by atoms with van der Waals surface area (Å²) in [4.78, 5) is 204. The smallest absolute Gasteiger partial charge is 0.329 e. The van der Waals surface area contributed by atoms with Crippen LogP contribution in [-0.2, 0) is 78.3 Å². The minimum absolute atomic E-state index is 0.0351. The van der Waals surface area contributed by atoms with Crippen LogP contribution in [0.25, 0.3) is 0 Å². The topological polar surface area (TPSA) is 442 Å². The number of nitrogens with one attached hydrogen (secondary N) is 12. The molecule has 0 aromatic heterocycles. The molecule has 2 aliphatic heterocycles. The predicted molar refractivity (Wildman–Crippen MR) is 455 cm³/mol. The molecular formula is C88H150N14O16. The normalized spacial score (nSPS) is 21.3. The predicted octanol–water partition coefficient (Wildman–Crippen LogP) is 7.05. The van der Waals surface area contributed by atoms with Crippen molar-refractivity contribution in [2.75, 3.05) is 13.1 Å². The SMILES string of the molecule is C/C=C1\NC(=O)[C@H](Cc2ccccc2)NC(=O)[C@@H](C(C)C)NC(=O)[C@@H]([C@H](C)CC)NC(=O)[C@H](NC(=O)[C@H](NC(=O)[C@H](CCCN)NC(=O)[C@H]2CCCN2C(=O)[C@H](NC(=O)[C@@H](NC(=O)[C@@H](NC(=O)[C@H](NC(=O)CCCCCCCCCCCCCCCCCCC)C(C)C)[C@@H](C)O)C(C)C)C(C)C)[C@H](C)CC)[C@H](C)OC(=O)[C@H](C(C)C)NC1=O. The van der Waals surface area contributed by atoms with E-state index in [0.29, 0.717) is 24.8 Å². The first-order valence-electron chi connectivity index (χ1n) is 44.1. The highest BCUT2D eigenvalue weighted by atomic mass is 16.5. The number of rotatable bonds is 47. The molecule has 2 heterocycles. The number of carbonyl (C=O) groups is 14. The number of nitrogens with zero attached hydrogens (tertiary/aromatic N) is 1. The van der Waals surface area contributed by atoms with Crippen molar-refractivity contribution in [3.63, 3.8) is 0 Å². The maximum atomic E-state index is 15.1. The van der Waals surface area contributed by atoms with Gasteiger partial charge in [-0.2, -0.15) is 0 Å². The van der Waals surface area contributed by atoms with Gasteiger partial charge in [0, 0.05) is 19.4 Å². The van der Waals surface area contributed by atoms with Crippen LogP contribution in [0.5, 0.6) is 0 Å². The van der Waals surface area contributed by atoms with Gasteiger partial charge in [0.05, 0.1) is 6.10 Å². The molecule has 0 spiro atoms. The van der Waals surface area contributed by atoms with Crippen LogP contribution in [0.15, 0.2) is 42.1 Å². The molecule has 668 valence electrons. The van der Waals surface area contributed by atoms with Gasteiger partial charge in [-0.05, 0) is 106 Å². The van der Waals surface area contributed by atoms with E-state index < -0.39 is 203 Å². The summed E-state index contributed by atoms with van der Waals surface area (Å²) in [7, 11) is 0. The maximum Gasteiger partial charge on any atom is 0.329 e. The van der Waals surface area contributed by atoms with Crippen LogP contribution >= 0.6 is 0 Å². The average Bonchev–Trinajstić information content (AvgIpc) is 1.59. The maximum absolute atomic E-state index is 15.1. The molecule has 0 unspecified atom stereocenters. The summed E-state index contributed by atoms with van der Waals surface area (Å²) in [5.41, 5.74) is 6.37. The number of ether oxygens (including phenoxy) is 1. The van der Waals surface area contributed by atoms with E-state index in [9.17, 15) is 62.6 Å². The number of amides is 13. The van der Waals surface area contributed by atoms with Crippen molar-refractivity contribution in [2.24, 2.45) is 47.2 Å². The molecule has 15 N–H and O–H groups in total. The number of likely N-dealkylation sites (tertiary alicyclic amines) is 1. The Kier molecular flexibility index (Phi) is 48.0. The van der Waals surface area contributed by atoms with E-state index >= 15 is 9.59 Å². The van der Waals surface area contributed by atoms with Gasteiger partial charge in [0.25, 0.3) is 5.91 Å². The van der Waals surface area contributed by atoms with Gasteiger partial charge >= 0.3 is 5.97 Å². The molecule has 2 aliphatic rings. The van der Waals surface area contributed by atoms with E-state index in [1.54, 1.807) is 127 Å². The van der Waals surface area contributed by atoms with Crippen molar-refractivity contribution in [3.8, 4) is 0 Å². The zero-order chi connectivity index (χ0) is 88.5. The summed E-state index contributed by atoms with van der Waals surface area (Å²) in [5, 5.41) is 43.6. The Hall–Kier alpha value is -8.54. The van der Waals surface area contributed by atoms with Crippen molar-refractivity contribution >= 4 is 82.8 Å². The molecule has 0 bridgehead atoms. The van der Waals surface area contributed by atoms with E-state index in [-0.39, 0.29) is 63.2 Å². The summed E-state index contributed by atoms with van der Waals surface area (Å²) in [6.07, 6.45) is 20.1. The molecule has 16 atom stereocenters. The lowest BCUT2D eigenvalue weighted by Crippen LogP contribution is -2.64. The molecule has 1 aromatic rings. The molecule has 0 saturated carbocycles. The first-order valence-corrected chi connectivity index (χ1v) is 44.1. The third-order valence-corrected chi connectivity index (χ3v) is 22.6. The Morgan fingerprint density at radius 3 is 1.53 bits per heavy atom. The highest BCUT2D eigenvalue weighted by Crippen LogP contribution is 2.24. The van der Waals surface area contributed by atoms with Crippen molar-refractivity contribution in [3.05, 3.63) is 47.7 Å². The quantitative estimate of drug-likeness (QED) is 0.0176. The molecule has 118 heavy (non-hydrogen) atoms. The fourth-order valence-corrected chi connectivity index (χ4v) is 14.5. The summed E-state index contributed by atoms with van der Waals surface area (Å²) < 4.78 is 5.98. The molecule has 1 aromatic carbocycles. The third kappa shape index (κ3) is 35.0. The van der Waals surface area contributed by atoms with Crippen molar-refractivity contribution in [1.82, 2.24) is 68.7 Å². The van der Waals surface area contributed by atoms with E-state index in [1.807, 2.05) is 0 Å². The Bertz CT molecular complexity index is 3390.